The summed E-state index contributed by atoms with van der Waals surface area (Å²) in [6.07, 6.45) is 0.974. The highest BCUT2D eigenvalue weighted by molar-refractivity contribution is 6.07. The number of benzene rings is 4. The molecule has 0 atom stereocenters. The lowest BCUT2D eigenvalue weighted by atomic mass is 9.93. The second-order valence-electron chi connectivity index (χ2n) is 6.71. The smallest absolute Gasteiger partial charge is 0.305 e. The lowest BCUT2D eigenvalue weighted by Crippen LogP contribution is -2.05. The van der Waals surface area contributed by atoms with Crippen molar-refractivity contribution in [2.75, 3.05) is 13.7 Å². The molecule has 0 aliphatic carbocycles. The van der Waals surface area contributed by atoms with Gasteiger partial charge in [0.25, 0.3) is 0 Å². The van der Waals surface area contributed by atoms with Crippen LogP contribution in [0.1, 0.15) is 12.8 Å². The van der Waals surface area contributed by atoms with E-state index in [1.165, 1.54) is 23.3 Å². The molecule has 28 heavy (non-hydrogen) atoms. The van der Waals surface area contributed by atoms with Crippen LogP contribution in [0.3, 0.4) is 0 Å². The van der Waals surface area contributed by atoms with Gasteiger partial charge in [0.05, 0.1) is 13.7 Å². The number of carbonyl (C=O) groups excluding carboxylic acids is 1. The van der Waals surface area contributed by atoms with Gasteiger partial charge in [0.2, 0.25) is 0 Å². The zero-order chi connectivity index (χ0) is 19.3. The van der Waals surface area contributed by atoms with Crippen LogP contribution in [0.4, 0.5) is 0 Å². The Balaban J connectivity index is 1.79. The summed E-state index contributed by atoms with van der Waals surface area (Å²) in [7, 11) is 1.41. The Labute approximate surface area is 164 Å². The molecule has 0 saturated heterocycles. The van der Waals surface area contributed by atoms with Gasteiger partial charge in [0, 0.05) is 12.0 Å². The van der Waals surface area contributed by atoms with Crippen molar-refractivity contribution in [3.8, 4) is 16.9 Å². The van der Waals surface area contributed by atoms with Gasteiger partial charge < -0.3 is 9.47 Å². The van der Waals surface area contributed by atoms with E-state index in [0.717, 1.165) is 22.3 Å². The molecule has 0 spiro atoms. The molecule has 0 bridgehead atoms. The number of hydrogen-bond acceptors (Lipinski definition) is 3. The summed E-state index contributed by atoms with van der Waals surface area (Å²) in [5.74, 6) is 0.622. The van der Waals surface area contributed by atoms with Gasteiger partial charge in [-0.15, -0.1) is 0 Å². The van der Waals surface area contributed by atoms with E-state index in [0.29, 0.717) is 19.4 Å². The van der Waals surface area contributed by atoms with Gasteiger partial charge >= 0.3 is 5.97 Å². The fraction of sp³-hybridized carbons (Fsp3) is 0.160. The van der Waals surface area contributed by atoms with E-state index in [1.807, 2.05) is 12.1 Å². The molecule has 4 rings (SSSR count). The first kappa shape index (κ1) is 18.1. The van der Waals surface area contributed by atoms with Crippen LogP contribution in [0, 0.1) is 0 Å². The van der Waals surface area contributed by atoms with E-state index in [9.17, 15) is 4.79 Å². The van der Waals surface area contributed by atoms with E-state index in [2.05, 4.69) is 66.7 Å². The number of methoxy groups -OCH3 is 1. The molecule has 4 aromatic rings. The van der Waals surface area contributed by atoms with Gasteiger partial charge in [-0.25, -0.2) is 0 Å². The van der Waals surface area contributed by atoms with Crippen LogP contribution in [0.2, 0.25) is 0 Å². The number of rotatable bonds is 6. The summed E-state index contributed by atoms with van der Waals surface area (Å²) < 4.78 is 10.8. The zero-order valence-corrected chi connectivity index (χ0v) is 15.9. The molecule has 140 valence electrons. The first-order valence-electron chi connectivity index (χ1n) is 9.47. The normalized spacial score (nSPS) is 10.9. The number of carbonyl (C=O) groups is 1. The Morgan fingerprint density at radius 3 is 2.25 bits per heavy atom. The summed E-state index contributed by atoms with van der Waals surface area (Å²) in [5.41, 5.74) is 2.24. The number of fused-ring (bicyclic) bond motifs is 2. The largest absolute Gasteiger partial charge is 0.493 e. The minimum atomic E-state index is -0.212. The Morgan fingerprint density at radius 2 is 1.46 bits per heavy atom. The standard InChI is InChI=1S/C25H22O3/c1-27-24(26)14-7-17-28-23-16-15-19-9-3-5-12-21(19)25(23)22-13-6-10-18-8-2-4-11-20(18)22/h2-6,8-13,15-16H,7,14,17H2,1H3. The van der Waals surface area contributed by atoms with Crippen molar-refractivity contribution in [2.24, 2.45) is 0 Å². The van der Waals surface area contributed by atoms with Crippen molar-refractivity contribution in [2.45, 2.75) is 12.8 Å². The maximum atomic E-state index is 11.4. The van der Waals surface area contributed by atoms with Crippen LogP contribution in [0.25, 0.3) is 32.7 Å². The second kappa shape index (κ2) is 8.13. The minimum absolute atomic E-state index is 0.212. The van der Waals surface area contributed by atoms with Gasteiger partial charge in [0.15, 0.2) is 0 Å². The minimum Gasteiger partial charge on any atom is -0.493 e. The van der Waals surface area contributed by atoms with Crippen molar-refractivity contribution in [1.82, 2.24) is 0 Å². The first-order valence-corrected chi connectivity index (χ1v) is 9.47. The van der Waals surface area contributed by atoms with Gasteiger partial charge in [-0.05, 0) is 39.6 Å². The Hall–Kier alpha value is -3.33. The van der Waals surface area contributed by atoms with Crippen molar-refractivity contribution >= 4 is 27.5 Å². The topological polar surface area (TPSA) is 35.5 Å². The molecule has 3 nitrogen and oxygen atoms in total. The molecule has 0 N–H and O–H groups in total. The first-order chi connectivity index (χ1) is 13.8. The maximum Gasteiger partial charge on any atom is 0.305 e. The molecule has 0 unspecified atom stereocenters. The van der Waals surface area contributed by atoms with Gasteiger partial charge in [-0.2, -0.15) is 0 Å². The summed E-state index contributed by atoms with van der Waals surface area (Å²) in [4.78, 5) is 11.4. The Bertz CT molecular complexity index is 1130. The highest BCUT2D eigenvalue weighted by atomic mass is 16.5. The summed E-state index contributed by atoms with van der Waals surface area (Å²) in [6.45, 7) is 0.463. The quantitative estimate of drug-likeness (QED) is 0.309. The van der Waals surface area contributed by atoms with Gasteiger partial charge in [-0.3, -0.25) is 4.79 Å². The van der Waals surface area contributed by atoms with Gasteiger partial charge in [-0.1, -0.05) is 72.8 Å². The summed E-state index contributed by atoms with van der Waals surface area (Å²) in [6, 6.07) is 27.2. The fourth-order valence-electron chi connectivity index (χ4n) is 3.59. The van der Waals surface area contributed by atoms with E-state index in [1.54, 1.807) is 0 Å². The third kappa shape index (κ3) is 3.56. The van der Waals surface area contributed by atoms with E-state index >= 15 is 0 Å². The molecule has 0 heterocycles. The molecule has 0 aromatic heterocycles. The van der Waals surface area contributed by atoms with Crippen molar-refractivity contribution < 1.29 is 14.3 Å². The predicted octanol–water partition coefficient (Wildman–Crippen LogP) is 5.99. The molecule has 4 aromatic carbocycles. The van der Waals surface area contributed by atoms with Gasteiger partial charge in [0.1, 0.15) is 5.75 Å². The Morgan fingerprint density at radius 1 is 0.786 bits per heavy atom. The van der Waals surface area contributed by atoms with Crippen LogP contribution in [0.15, 0.2) is 78.9 Å². The highest BCUT2D eigenvalue weighted by Crippen LogP contribution is 2.40. The van der Waals surface area contributed by atoms with E-state index in [4.69, 9.17) is 9.47 Å². The van der Waals surface area contributed by atoms with E-state index in [-0.39, 0.29) is 5.97 Å². The van der Waals surface area contributed by atoms with Crippen LogP contribution in [-0.4, -0.2) is 19.7 Å². The molecule has 0 saturated carbocycles. The lowest BCUT2D eigenvalue weighted by molar-refractivity contribution is -0.140. The summed E-state index contributed by atoms with van der Waals surface area (Å²) >= 11 is 0. The lowest BCUT2D eigenvalue weighted by Gasteiger charge is -2.16. The fourth-order valence-corrected chi connectivity index (χ4v) is 3.59. The number of esters is 1. The average molecular weight is 370 g/mol. The molecular weight excluding hydrogens is 348 g/mol. The highest BCUT2D eigenvalue weighted by Gasteiger charge is 2.14. The van der Waals surface area contributed by atoms with Crippen LogP contribution < -0.4 is 4.74 Å². The Kier molecular flexibility index (Phi) is 5.24. The van der Waals surface area contributed by atoms with Crippen LogP contribution >= 0.6 is 0 Å². The van der Waals surface area contributed by atoms with Crippen molar-refractivity contribution in [3.05, 3.63) is 78.9 Å². The van der Waals surface area contributed by atoms with E-state index < -0.39 is 0 Å². The molecule has 0 fully saturated rings. The molecule has 0 radical (unpaired) electrons. The van der Waals surface area contributed by atoms with Crippen molar-refractivity contribution in [3.63, 3.8) is 0 Å². The number of ether oxygens (including phenoxy) is 2. The molecule has 0 aliphatic heterocycles. The average Bonchev–Trinajstić information content (AvgIpc) is 2.76. The third-order valence-electron chi connectivity index (χ3n) is 4.96. The maximum absolute atomic E-state index is 11.4. The molecule has 0 aliphatic rings. The molecule has 3 heteroatoms. The third-order valence-corrected chi connectivity index (χ3v) is 4.96. The zero-order valence-electron chi connectivity index (χ0n) is 15.9. The van der Waals surface area contributed by atoms with Crippen molar-refractivity contribution in [1.29, 1.82) is 0 Å². The molecular formula is C25H22O3. The predicted molar refractivity (Wildman–Crippen MR) is 114 cm³/mol. The second-order valence-corrected chi connectivity index (χ2v) is 6.71. The monoisotopic (exact) mass is 370 g/mol. The summed E-state index contributed by atoms with van der Waals surface area (Å²) in [5, 5.41) is 4.72. The molecule has 0 amide bonds. The number of hydrogen-bond donors (Lipinski definition) is 0. The van der Waals surface area contributed by atoms with Crippen LogP contribution in [-0.2, 0) is 9.53 Å². The van der Waals surface area contributed by atoms with Crippen LogP contribution in [0.5, 0.6) is 5.75 Å². The SMILES string of the molecule is COC(=O)CCCOc1ccc2ccccc2c1-c1cccc2ccccc12.